The summed E-state index contributed by atoms with van der Waals surface area (Å²) >= 11 is 0. The summed E-state index contributed by atoms with van der Waals surface area (Å²) in [6, 6.07) is 2.84. The van der Waals surface area contributed by atoms with Crippen LogP contribution in [0.1, 0.15) is 105 Å². The van der Waals surface area contributed by atoms with Crippen LogP contribution in [0, 0.1) is 0 Å². The van der Waals surface area contributed by atoms with Gasteiger partial charge < -0.3 is 5.32 Å². The van der Waals surface area contributed by atoms with E-state index in [2.05, 4.69) is 45.0 Å². The first kappa shape index (κ1) is 21.0. The van der Waals surface area contributed by atoms with Gasteiger partial charge in [-0.15, -0.1) is 0 Å². The summed E-state index contributed by atoms with van der Waals surface area (Å²) in [5, 5.41) is 4.09. The second-order valence-corrected chi connectivity index (χ2v) is 7.84. The predicted molar refractivity (Wildman–Crippen MR) is 104 cm³/mol. The number of unbranched alkanes of at least 4 members (excludes halogenated alkanes) is 6. The zero-order valence-corrected chi connectivity index (χ0v) is 16.7. The third kappa shape index (κ3) is 7.13. The lowest BCUT2D eigenvalue weighted by Crippen LogP contribution is -2.65. The van der Waals surface area contributed by atoms with Crippen molar-refractivity contribution < 1.29 is 0 Å². The summed E-state index contributed by atoms with van der Waals surface area (Å²) in [5.41, 5.74) is 0. The van der Waals surface area contributed by atoms with Crippen LogP contribution in [-0.4, -0.2) is 36.1 Å². The number of nitrogens with one attached hydrogen (secondary N) is 1. The Morgan fingerprint density at radius 3 is 1.70 bits per heavy atom. The van der Waals surface area contributed by atoms with Gasteiger partial charge in [0.1, 0.15) is 0 Å². The zero-order chi connectivity index (χ0) is 17.1. The summed E-state index contributed by atoms with van der Waals surface area (Å²) in [6.45, 7) is 9.38. The van der Waals surface area contributed by atoms with Crippen LogP contribution in [0.5, 0.6) is 0 Å². The van der Waals surface area contributed by atoms with Crippen molar-refractivity contribution in [3.8, 4) is 0 Å². The van der Waals surface area contributed by atoms with E-state index in [-0.39, 0.29) is 0 Å². The van der Waals surface area contributed by atoms with Gasteiger partial charge in [-0.05, 0) is 33.2 Å². The van der Waals surface area contributed by atoms with Gasteiger partial charge in [-0.1, -0.05) is 78.6 Å². The van der Waals surface area contributed by atoms with Crippen molar-refractivity contribution >= 4 is 0 Å². The van der Waals surface area contributed by atoms with Gasteiger partial charge in [-0.3, -0.25) is 4.90 Å². The highest BCUT2D eigenvalue weighted by Gasteiger charge is 2.37. The molecule has 1 heterocycles. The molecule has 4 atom stereocenters. The third-order valence-corrected chi connectivity index (χ3v) is 5.98. The van der Waals surface area contributed by atoms with Crippen molar-refractivity contribution in [2.45, 2.75) is 129 Å². The highest BCUT2D eigenvalue weighted by atomic mass is 15.3. The van der Waals surface area contributed by atoms with Gasteiger partial charge >= 0.3 is 0 Å². The molecule has 1 aliphatic heterocycles. The van der Waals surface area contributed by atoms with Crippen molar-refractivity contribution in [2.24, 2.45) is 0 Å². The summed E-state index contributed by atoms with van der Waals surface area (Å²) in [5.74, 6) is 0. The molecule has 0 aliphatic carbocycles. The lowest BCUT2D eigenvalue weighted by molar-refractivity contribution is 0.0487. The minimum Gasteiger partial charge on any atom is -0.308 e. The quantitative estimate of drug-likeness (QED) is 0.459. The van der Waals surface area contributed by atoms with E-state index in [9.17, 15) is 0 Å². The first-order valence-electron chi connectivity index (χ1n) is 10.6. The van der Waals surface area contributed by atoms with E-state index in [4.69, 9.17) is 0 Å². The normalized spacial score (nSPS) is 29.1. The van der Waals surface area contributed by atoms with Crippen LogP contribution in [0.2, 0.25) is 0 Å². The third-order valence-electron chi connectivity index (χ3n) is 5.98. The van der Waals surface area contributed by atoms with Gasteiger partial charge in [0.25, 0.3) is 0 Å². The minimum absolute atomic E-state index is 0.681. The number of rotatable bonds is 12. The van der Waals surface area contributed by atoms with E-state index in [0.717, 1.165) is 6.04 Å². The van der Waals surface area contributed by atoms with Crippen LogP contribution in [0.25, 0.3) is 0 Å². The summed E-state index contributed by atoms with van der Waals surface area (Å²) in [6.07, 6.45) is 16.4. The molecule has 138 valence electrons. The predicted octanol–water partition coefficient (Wildman–Crippen LogP) is 5.76. The van der Waals surface area contributed by atoms with E-state index in [1.54, 1.807) is 0 Å². The molecule has 0 aromatic rings. The second-order valence-electron chi connectivity index (χ2n) is 7.84. The number of hydrogen-bond donors (Lipinski definition) is 1. The number of likely N-dealkylation sites (N-methyl/N-ethyl adjacent to an activating group) is 1. The molecule has 1 saturated heterocycles. The zero-order valence-electron chi connectivity index (χ0n) is 16.7. The minimum atomic E-state index is 0.681. The largest absolute Gasteiger partial charge is 0.308 e. The summed E-state index contributed by atoms with van der Waals surface area (Å²) in [7, 11) is 2.39. The van der Waals surface area contributed by atoms with Crippen molar-refractivity contribution in [1.29, 1.82) is 0 Å². The fraction of sp³-hybridized carbons (Fsp3) is 1.00. The van der Waals surface area contributed by atoms with Crippen LogP contribution in [0.3, 0.4) is 0 Å². The van der Waals surface area contributed by atoms with Gasteiger partial charge in [0.05, 0.1) is 0 Å². The first-order chi connectivity index (χ1) is 11.2. The van der Waals surface area contributed by atoms with Gasteiger partial charge in [-0.25, -0.2) is 0 Å². The Morgan fingerprint density at radius 1 is 0.696 bits per heavy atom. The topological polar surface area (TPSA) is 15.3 Å². The summed E-state index contributed by atoms with van der Waals surface area (Å²) in [4.78, 5) is 2.72. The molecule has 1 N–H and O–H groups in total. The maximum Gasteiger partial charge on any atom is 0.0249 e. The average Bonchev–Trinajstić information content (AvgIpc) is 2.55. The Labute approximate surface area is 146 Å². The molecule has 0 bridgehead atoms. The Balaban J connectivity index is 2.62. The van der Waals surface area contributed by atoms with Gasteiger partial charge in [0.2, 0.25) is 0 Å². The lowest BCUT2D eigenvalue weighted by Gasteiger charge is -2.49. The van der Waals surface area contributed by atoms with Crippen molar-refractivity contribution in [2.75, 3.05) is 7.05 Å². The van der Waals surface area contributed by atoms with E-state index in [1.165, 1.54) is 77.0 Å². The molecule has 23 heavy (non-hydrogen) atoms. The molecule has 1 fully saturated rings. The number of nitrogens with zero attached hydrogens (tertiary/aromatic N) is 1. The fourth-order valence-electron chi connectivity index (χ4n) is 4.23. The van der Waals surface area contributed by atoms with E-state index in [1.807, 2.05) is 0 Å². The molecule has 2 heteroatoms. The van der Waals surface area contributed by atoms with Crippen LogP contribution in [0.4, 0.5) is 0 Å². The second kappa shape index (κ2) is 12.3. The molecule has 0 spiro atoms. The van der Waals surface area contributed by atoms with Crippen molar-refractivity contribution in [3.05, 3.63) is 0 Å². The highest BCUT2D eigenvalue weighted by Crippen LogP contribution is 2.27. The smallest absolute Gasteiger partial charge is 0.0249 e. The standard InChI is InChI=1S/C21H44N2/c1-6-9-12-15-19-18(4)23(5)21(17-14-11-8-3)20(22-19)16-13-10-7-2/h18-22H,6-17H2,1-5H3. The molecule has 4 unspecified atom stereocenters. The molecular weight excluding hydrogens is 280 g/mol. The SMILES string of the molecule is CCCCCC1NC(CCCCC)C(CCCCC)N(C)C1C. The monoisotopic (exact) mass is 324 g/mol. The molecule has 1 aliphatic rings. The Hall–Kier alpha value is -0.0800. The van der Waals surface area contributed by atoms with Crippen molar-refractivity contribution in [3.63, 3.8) is 0 Å². The van der Waals surface area contributed by atoms with Gasteiger partial charge in [0.15, 0.2) is 0 Å². The Morgan fingerprint density at radius 2 is 1.17 bits per heavy atom. The van der Waals surface area contributed by atoms with E-state index < -0.39 is 0 Å². The highest BCUT2D eigenvalue weighted by molar-refractivity contribution is 4.97. The number of piperazine rings is 1. The molecule has 1 rings (SSSR count). The molecule has 0 aromatic carbocycles. The van der Waals surface area contributed by atoms with Crippen LogP contribution in [-0.2, 0) is 0 Å². The number of hydrogen-bond acceptors (Lipinski definition) is 2. The maximum absolute atomic E-state index is 4.09. The summed E-state index contributed by atoms with van der Waals surface area (Å²) < 4.78 is 0. The first-order valence-corrected chi connectivity index (χ1v) is 10.6. The fourth-order valence-corrected chi connectivity index (χ4v) is 4.23. The Kier molecular flexibility index (Phi) is 11.2. The molecule has 0 radical (unpaired) electrons. The lowest BCUT2D eigenvalue weighted by atomic mass is 9.87. The van der Waals surface area contributed by atoms with Crippen LogP contribution < -0.4 is 5.32 Å². The molecule has 0 aromatic heterocycles. The van der Waals surface area contributed by atoms with Gasteiger partial charge in [0, 0.05) is 24.2 Å². The average molecular weight is 325 g/mol. The van der Waals surface area contributed by atoms with Gasteiger partial charge in [-0.2, -0.15) is 0 Å². The van der Waals surface area contributed by atoms with E-state index >= 15 is 0 Å². The van der Waals surface area contributed by atoms with E-state index in [0.29, 0.717) is 18.1 Å². The van der Waals surface area contributed by atoms with Crippen LogP contribution >= 0.6 is 0 Å². The Bertz CT molecular complexity index is 279. The maximum atomic E-state index is 4.09. The molecule has 0 amide bonds. The van der Waals surface area contributed by atoms with Crippen LogP contribution in [0.15, 0.2) is 0 Å². The molecule has 2 nitrogen and oxygen atoms in total. The molecule has 0 saturated carbocycles. The van der Waals surface area contributed by atoms with Crippen molar-refractivity contribution in [1.82, 2.24) is 10.2 Å². The molecular formula is C21H44N2.